The van der Waals surface area contributed by atoms with Gasteiger partial charge in [-0.05, 0) is 38.0 Å². The maximum Gasteiger partial charge on any atom is 0.290 e. The van der Waals surface area contributed by atoms with Crippen molar-refractivity contribution in [3.05, 3.63) is 16.0 Å². The van der Waals surface area contributed by atoms with Crippen LogP contribution < -0.4 is 11.3 Å². The lowest BCUT2D eigenvalue weighted by molar-refractivity contribution is 0.366. The molecule has 1 unspecified atom stereocenters. The number of hydrogen-bond acceptors (Lipinski definition) is 2. The van der Waals surface area contributed by atoms with Gasteiger partial charge in [0.1, 0.15) is 5.69 Å². The molecule has 2 rings (SSSR count). The summed E-state index contributed by atoms with van der Waals surface area (Å²) in [5.41, 5.74) is 7.37. The number of nitrogens with two attached hydrogens (primary N) is 1. The Bertz CT molecular complexity index is 466. The summed E-state index contributed by atoms with van der Waals surface area (Å²) in [7, 11) is 1.95. The molecule has 4 heteroatoms. The van der Waals surface area contributed by atoms with Crippen LogP contribution in [0.3, 0.4) is 0 Å². The summed E-state index contributed by atoms with van der Waals surface area (Å²) in [6.45, 7) is 6.41. The second-order valence-electron chi connectivity index (χ2n) is 5.71. The van der Waals surface area contributed by atoms with Crippen LogP contribution in [0.15, 0.2) is 4.79 Å². The Balaban J connectivity index is 2.42. The maximum atomic E-state index is 12.2. The van der Waals surface area contributed by atoms with Gasteiger partial charge in [0.2, 0.25) is 0 Å². The highest BCUT2D eigenvalue weighted by atomic mass is 16.1. The molecule has 1 atom stereocenters. The molecule has 0 amide bonds. The van der Waals surface area contributed by atoms with Crippen LogP contribution in [-0.2, 0) is 13.5 Å². The SMILES string of the molecule is CC(C)Cc1c(N)c(=O)n(C(C)C2CC2)n1C. The molecule has 0 saturated heterocycles. The minimum atomic E-state index is -0.0115. The van der Waals surface area contributed by atoms with Gasteiger partial charge in [0.25, 0.3) is 5.56 Å². The summed E-state index contributed by atoms with van der Waals surface area (Å²) < 4.78 is 3.81. The van der Waals surface area contributed by atoms with Gasteiger partial charge in [-0.3, -0.25) is 9.48 Å². The lowest BCUT2D eigenvalue weighted by atomic mass is 10.1. The molecular formula is C13H23N3O. The molecule has 0 radical (unpaired) electrons. The molecule has 0 bridgehead atoms. The third-order valence-corrected chi connectivity index (χ3v) is 3.75. The lowest BCUT2D eigenvalue weighted by Crippen LogP contribution is -2.27. The monoisotopic (exact) mass is 237 g/mol. The van der Waals surface area contributed by atoms with Crippen LogP contribution in [0.1, 0.15) is 45.3 Å². The van der Waals surface area contributed by atoms with E-state index in [4.69, 9.17) is 5.73 Å². The van der Waals surface area contributed by atoms with Crippen LogP contribution in [0.2, 0.25) is 0 Å². The van der Waals surface area contributed by atoms with Gasteiger partial charge in [0.05, 0.1) is 11.7 Å². The van der Waals surface area contributed by atoms with Crippen molar-refractivity contribution >= 4 is 5.69 Å². The maximum absolute atomic E-state index is 12.2. The van der Waals surface area contributed by atoms with Crippen LogP contribution in [0.4, 0.5) is 5.69 Å². The minimum absolute atomic E-state index is 0.0115. The Kier molecular flexibility index (Phi) is 3.06. The van der Waals surface area contributed by atoms with Crippen molar-refractivity contribution in [3.63, 3.8) is 0 Å². The van der Waals surface area contributed by atoms with E-state index in [9.17, 15) is 4.79 Å². The second kappa shape index (κ2) is 4.24. The van der Waals surface area contributed by atoms with E-state index in [-0.39, 0.29) is 11.6 Å². The van der Waals surface area contributed by atoms with E-state index >= 15 is 0 Å². The molecular weight excluding hydrogens is 214 g/mol. The summed E-state index contributed by atoms with van der Waals surface area (Å²) in [6, 6.07) is 0.274. The van der Waals surface area contributed by atoms with Crippen molar-refractivity contribution in [1.29, 1.82) is 0 Å². The van der Waals surface area contributed by atoms with Gasteiger partial charge in [-0.1, -0.05) is 13.8 Å². The van der Waals surface area contributed by atoms with Crippen molar-refractivity contribution in [2.75, 3.05) is 5.73 Å². The molecule has 1 aromatic rings. The predicted octanol–water partition coefficient (Wildman–Crippen LogP) is 1.94. The first-order chi connectivity index (χ1) is 7.93. The van der Waals surface area contributed by atoms with E-state index in [0.29, 0.717) is 17.5 Å². The number of anilines is 1. The molecule has 1 heterocycles. The summed E-state index contributed by atoms with van der Waals surface area (Å²) in [4.78, 5) is 12.2. The Morgan fingerprint density at radius 2 is 1.94 bits per heavy atom. The molecule has 2 N–H and O–H groups in total. The van der Waals surface area contributed by atoms with E-state index in [1.807, 2.05) is 16.4 Å². The number of nitrogen functional groups attached to an aromatic ring is 1. The Morgan fingerprint density at radius 3 is 2.41 bits per heavy atom. The van der Waals surface area contributed by atoms with Gasteiger partial charge in [0.15, 0.2) is 0 Å². The highest BCUT2D eigenvalue weighted by Crippen LogP contribution is 2.39. The average Bonchev–Trinajstić information content (AvgIpc) is 3.04. The van der Waals surface area contributed by atoms with E-state index in [1.165, 1.54) is 12.8 Å². The van der Waals surface area contributed by atoms with Crippen molar-refractivity contribution in [1.82, 2.24) is 9.36 Å². The van der Waals surface area contributed by atoms with Crippen molar-refractivity contribution in [2.24, 2.45) is 18.9 Å². The summed E-state index contributed by atoms with van der Waals surface area (Å²) in [5.74, 6) is 1.17. The zero-order valence-electron chi connectivity index (χ0n) is 11.2. The highest BCUT2D eigenvalue weighted by Gasteiger charge is 2.32. The molecule has 1 aliphatic carbocycles. The molecule has 4 nitrogen and oxygen atoms in total. The first-order valence-electron chi connectivity index (χ1n) is 6.49. The molecule has 96 valence electrons. The lowest BCUT2D eigenvalue weighted by Gasteiger charge is -2.17. The van der Waals surface area contributed by atoms with E-state index in [1.54, 1.807) is 0 Å². The van der Waals surface area contributed by atoms with Crippen molar-refractivity contribution in [2.45, 2.75) is 46.1 Å². The molecule has 17 heavy (non-hydrogen) atoms. The van der Waals surface area contributed by atoms with Gasteiger partial charge in [-0.2, -0.15) is 0 Å². The van der Waals surface area contributed by atoms with Crippen LogP contribution in [0, 0.1) is 11.8 Å². The number of rotatable bonds is 4. The van der Waals surface area contributed by atoms with Gasteiger partial charge in [0, 0.05) is 7.05 Å². The van der Waals surface area contributed by atoms with Crippen LogP contribution >= 0.6 is 0 Å². The molecule has 0 aromatic carbocycles. The molecule has 0 aliphatic heterocycles. The zero-order valence-corrected chi connectivity index (χ0v) is 11.2. The fraction of sp³-hybridized carbons (Fsp3) is 0.769. The van der Waals surface area contributed by atoms with Gasteiger partial charge < -0.3 is 5.73 Å². The Hall–Kier alpha value is -1.19. The largest absolute Gasteiger partial charge is 0.393 e. The summed E-state index contributed by atoms with van der Waals surface area (Å²) >= 11 is 0. The van der Waals surface area contributed by atoms with E-state index < -0.39 is 0 Å². The fourth-order valence-corrected chi connectivity index (χ4v) is 2.55. The fourth-order valence-electron chi connectivity index (χ4n) is 2.55. The van der Waals surface area contributed by atoms with E-state index in [2.05, 4.69) is 20.8 Å². The molecule has 1 fully saturated rings. The summed E-state index contributed by atoms with van der Waals surface area (Å²) in [5, 5.41) is 0. The Morgan fingerprint density at radius 1 is 1.35 bits per heavy atom. The quantitative estimate of drug-likeness (QED) is 0.870. The molecule has 0 spiro atoms. The van der Waals surface area contributed by atoms with Crippen LogP contribution in [-0.4, -0.2) is 9.36 Å². The first kappa shape index (κ1) is 12.3. The third kappa shape index (κ3) is 2.13. The number of nitrogens with zero attached hydrogens (tertiary/aromatic N) is 2. The normalized spacial score (nSPS) is 17.7. The summed E-state index contributed by atoms with van der Waals surface area (Å²) in [6.07, 6.45) is 3.33. The van der Waals surface area contributed by atoms with E-state index in [0.717, 1.165) is 12.1 Å². The minimum Gasteiger partial charge on any atom is -0.393 e. The van der Waals surface area contributed by atoms with Crippen molar-refractivity contribution in [3.8, 4) is 0 Å². The highest BCUT2D eigenvalue weighted by molar-refractivity contribution is 5.42. The molecule has 1 aliphatic rings. The molecule has 1 saturated carbocycles. The molecule has 1 aromatic heterocycles. The smallest absolute Gasteiger partial charge is 0.290 e. The van der Waals surface area contributed by atoms with Gasteiger partial charge in [-0.25, -0.2) is 4.68 Å². The zero-order chi connectivity index (χ0) is 12.7. The topological polar surface area (TPSA) is 53.0 Å². The van der Waals surface area contributed by atoms with Gasteiger partial charge >= 0.3 is 0 Å². The van der Waals surface area contributed by atoms with Crippen LogP contribution in [0.25, 0.3) is 0 Å². The van der Waals surface area contributed by atoms with Crippen LogP contribution in [0.5, 0.6) is 0 Å². The third-order valence-electron chi connectivity index (χ3n) is 3.75. The average molecular weight is 237 g/mol. The second-order valence-corrected chi connectivity index (χ2v) is 5.71. The first-order valence-corrected chi connectivity index (χ1v) is 6.49. The van der Waals surface area contributed by atoms with Gasteiger partial charge in [-0.15, -0.1) is 0 Å². The number of aromatic nitrogens is 2. The predicted molar refractivity (Wildman–Crippen MR) is 70.1 cm³/mol. The number of hydrogen-bond donors (Lipinski definition) is 1. The Labute approximate surface area is 102 Å². The standard InChI is InChI=1S/C13H23N3O/c1-8(2)7-11-12(14)13(17)16(15(11)4)9(3)10-5-6-10/h8-10H,5-7,14H2,1-4H3. The van der Waals surface area contributed by atoms with Crippen molar-refractivity contribution < 1.29 is 0 Å².